The smallest absolute Gasteiger partial charge is 0.220 e. The van der Waals surface area contributed by atoms with Crippen molar-refractivity contribution in [1.82, 2.24) is 5.32 Å². The fraction of sp³-hybridized carbons (Fsp3) is 0.923. The summed E-state index contributed by atoms with van der Waals surface area (Å²) in [6.07, 6.45) is 5.25. The summed E-state index contributed by atoms with van der Waals surface area (Å²) >= 11 is 0. The second-order valence-electron chi connectivity index (χ2n) is 6.25. The minimum Gasteiger partial charge on any atom is -0.356 e. The maximum absolute atomic E-state index is 11.7. The van der Waals surface area contributed by atoms with Gasteiger partial charge in [-0.25, -0.2) is 0 Å². The molecule has 1 fully saturated rings. The van der Waals surface area contributed by atoms with Gasteiger partial charge in [-0.05, 0) is 24.2 Å². The van der Waals surface area contributed by atoms with E-state index in [9.17, 15) is 4.79 Å². The Kier molecular flexibility index (Phi) is 4.78. The maximum Gasteiger partial charge on any atom is 0.220 e. The van der Waals surface area contributed by atoms with E-state index in [2.05, 4.69) is 26.1 Å². The van der Waals surface area contributed by atoms with Crippen molar-refractivity contribution in [3.05, 3.63) is 0 Å². The minimum absolute atomic E-state index is 0.157. The molecule has 2 atom stereocenters. The van der Waals surface area contributed by atoms with Crippen LogP contribution in [0.4, 0.5) is 0 Å². The zero-order chi connectivity index (χ0) is 12.2. The van der Waals surface area contributed by atoms with Crippen LogP contribution in [0.25, 0.3) is 0 Å². The van der Waals surface area contributed by atoms with Crippen molar-refractivity contribution in [1.29, 1.82) is 0 Å². The number of hydrogen-bond donors (Lipinski definition) is 2. The molecular formula is C13H26N2O. The summed E-state index contributed by atoms with van der Waals surface area (Å²) in [6, 6.07) is 0.231. The molecule has 0 bridgehead atoms. The SMILES string of the molecule is CC(C)(C)CNC(=O)CC1CCCCC1N. The van der Waals surface area contributed by atoms with Crippen LogP contribution in [-0.2, 0) is 4.79 Å². The summed E-state index contributed by atoms with van der Waals surface area (Å²) in [6.45, 7) is 7.12. The van der Waals surface area contributed by atoms with Crippen LogP contribution < -0.4 is 11.1 Å². The largest absolute Gasteiger partial charge is 0.356 e. The van der Waals surface area contributed by atoms with Crippen LogP contribution in [0.2, 0.25) is 0 Å². The second-order valence-corrected chi connectivity index (χ2v) is 6.25. The van der Waals surface area contributed by atoms with Gasteiger partial charge in [-0.15, -0.1) is 0 Å². The number of carbonyl (C=O) groups excluding carboxylic acids is 1. The van der Waals surface area contributed by atoms with E-state index in [0.29, 0.717) is 12.3 Å². The first-order valence-corrected chi connectivity index (χ1v) is 6.41. The molecular weight excluding hydrogens is 200 g/mol. The summed E-state index contributed by atoms with van der Waals surface area (Å²) in [5.41, 5.74) is 6.19. The first-order chi connectivity index (χ1) is 7.38. The third-order valence-electron chi connectivity index (χ3n) is 3.23. The van der Waals surface area contributed by atoms with Crippen LogP contribution in [0.15, 0.2) is 0 Å². The lowest BCUT2D eigenvalue weighted by Gasteiger charge is -2.28. The first kappa shape index (κ1) is 13.5. The van der Waals surface area contributed by atoms with E-state index >= 15 is 0 Å². The molecule has 1 amide bonds. The number of hydrogen-bond acceptors (Lipinski definition) is 2. The highest BCUT2D eigenvalue weighted by Gasteiger charge is 2.24. The fourth-order valence-corrected chi connectivity index (χ4v) is 2.16. The Labute approximate surface area is 99.2 Å². The van der Waals surface area contributed by atoms with Crippen LogP contribution in [0.1, 0.15) is 52.9 Å². The monoisotopic (exact) mass is 226 g/mol. The normalized spacial score (nSPS) is 26.5. The van der Waals surface area contributed by atoms with Gasteiger partial charge in [0.05, 0.1) is 0 Å². The second kappa shape index (κ2) is 5.67. The molecule has 1 rings (SSSR count). The third kappa shape index (κ3) is 4.97. The average Bonchev–Trinajstić information content (AvgIpc) is 2.18. The molecule has 0 saturated heterocycles. The van der Waals surface area contributed by atoms with E-state index in [1.807, 2.05) is 0 Å². The van der Waals surface area contributed by atoms with Crippen molar-refractivity contribution in [2.45, 2.75) is 58.9 Å². The summed E-state index contributed by atoms with van der Waals surface area (Å²) < 4.78 is 0. The highest BCUT2D eigenvalue weighted by Crippen LogP contribution is 2.25. The standard InChI is InChI=1S/C13H26N2O/c1-13(2,3)9-15-12(16)8-10-6-4-5-7-11(10)14/h10-11H,4-9,14H2,1-3H3,(H,15,16). The Morgan fingerprint density at radius 1 is 1.31 bits per heavy atom. The molecule has 0 radical (unpaired) electrons. The Hall–Kier alpha value is -0.570. The number of nitrogens with two attached hydrogens (primary N) is 1. The Morgan fingerprint density at radius 2 is 1.94 bits per heavy atom. The van der Waals surface area contributed by atoms with Gasteiger partial charge in [-0.1, -0.05) is 33.6 Å². The van der Waals surface area contributed by atoms with Gasteiger partial charge in [0.15, 0.2) is 0 Å². The molecule has 3 N–H and O–H groups in total. The molecule has 1 aliphatic rings. The van der Waals surface area contributed by atoms with Gasteiger partial charge in [0.25, 0.3) is 0 Å². The molecule has 0 heterocycles. The topological polar surface area (TPSA) is 55.1 Å². The molecule has 0 spiro atoms. The summed E-state index contributed by atoms with van der Waals surface area (Å²) in [4.78, 5) is 11.7. The molecule has 3 nitrogen and oxygen atoms in total. The van der Waals surface area contributed by atoms with Gasteiger partial charge in [0.2, 0.25) is 5.91 Å². The van der Waals surface area contributed by atoms with Crippen LogP contribution in [0.3, 0.4) is 0 Å². The van der Waals surface area contributed by atoms with Gasteiger partial charge in [0, 0.05) is 19.0 Å². The van der Waals surface area contributed by atoms with Crippen LogP contribution in [0, 0.1) is 11.3 Å². The molecule has 1 saturated carbocycles. The van der Waals surface area contributed by atoms with Crippen molar-refractivity contribution in [3.63, 3.8) is 0 Å². The van der Waals surface area contributed by atoms with E-state index in [1.165, 1.54) is 12.8 Å². The van der Waals surface area contributed by atoms with Gasteiger partial charge in [0.1, 0.15) is 0 Å². The van der Waals surface area contributed by atoms with Gasteiger partial charge >= 0.3 is 0 Å². The highest BCUT2D eigenvalue weighted by atomic mass is 16.1. The minimum atomic E-state index is 0.157. The number of carbonyl (C=O) groups is 1. The number of rotatable bonds is 3. The lowest BCUT2D eigenvalue weighted by atomic mass is 9.83. The van der Waals surface area contributed by atoms with Crippen molar-refractivity contribution in [3.8, 4) is 0 Å². The molecule has 0 aromatic heterocycles. The van der Waals surface area contributed by atoms with E-state index < -0.39 is 0 Å². The zero-order valence-electron chi connectivity index (χ0n) is 10.9. The van der Waals surface area contributed by atoms with Crippen molar-refractivity contribution < 1.29 is 4.79 Å². The highest BCUT2D eigenvalue weighted by molar-refractivity contribution is 5.76. The van der Waals surface area contributed by atoms with Crippen LogP contribution in [-0.4, -0.2) is 18.5 Å². The zero-order valence-corrected chi connectivity index (χ0v) is 10.9. The molecule has 0 aromatic carbocycles. The van der Waals surface area contributed by atoms with Crippen LogP contribution in [0.5, 0.6) is 0 Å². The third-order valence-corrected chi connectivity index (χ3v) is 3.23. The van der Waals surface area contributed by atoms with Crippen molar-refractivity contribution in [2.75, 3.05) is 6.54 Å². The number of amides is 1. The molecule has 3 heteroatoms. The Balaban J connectivity index is 2.28. The lowest BCUT2D eigenvalue weighted by molar-refractivity contribution is -0.122. The van der Waals surface area contributed by atoms with Crippen molar-refractivity contribution in [2.24, 2.45) is 17.1 Å². The van der Waals surface area contributed by atoms with Crippen molar-refractivity contribution >= 4 is 5.91 Å². The molecule has 2 unspecified atom stereocenters. The molecule has 1 aliphatic carbocycles. The molecule has 16 heavy (non-hydrogen) atoms. The van der Waals surface area contributed by atoms with E-state index in [4.69, 9.17) is 5.73 Å². The maximum atomic E-state index is 11.7. The predicted molar refractivity (Wildman–Crippen MR) is 67.0 cm³/mol. The average molecular weight is 226 g/mol. The van der Waals surface area contributed by atoms with Gasteiger partial charge < -0.3 is 11.1 Å². The number of nitrogens with one attached hydrogen (secondary N) is 1. The van der Waals surface area contributed by atoms with Gasteiger partial charge in [-0.3, -0.25) is 4.79 Å². The first-order valence-electron chi connectivity index (χ1n) is 6.41. The van der Waals surface area contributed by atoms with E-state index in [-0.39, 0.29) is 17.4 Å². The molecule has 0 aliphatic heterocycles. The van der Waals surface area contributed by atoms with E-state index in [0.717, 1.165) is 19.4 Å². The molecule has 0 aromatic rings. The Bertz CT molecular complexity index is 233. The molecule has 94 valence electrons. The lowest BCUT2D eigenvalue weighted by Crippen LogP contribution is -2.39. The predicted octanol–water partition coefficient (Wildman–Crippen LogP) is 2.06. The summed E-state index contributed by atoms with van der Waals surface area (Å²) in [5, 5.41) is 3.00. The van der Waals surface area contributed by atoms with Gasteiger partial charge in [-0.2, -0.15) is 0 Å². The van der Waals surface area contributed by atoms with Crippen LogP contribution >= 0.6 is 0 Å². The summed E-state index contributed by atoms with van der Waals surface area (Å²) in [5.74, 6) is 0.561. The quantitative estimate of drug-likeness (QED) is 0.774. The fourth-order valence-electron chi connectivity index (χ4n) is 2.16. The van der Waals surface area contributed by atoms with E-state index in [1.54, 1.807) is 0 Å². The Morgan fingerprint density at radius 3 is 2.50 bits per heavy atom. The summed E-state index contributed by atoms with van der Waals surface area (Å²) in [7, 11) is 0.